The SMILES string of the molecule is COc1ccc(CCN(C)CCCC(CNC(C)C)(c2ccc(OC)c(OC)c2)C(C)C)cc1OC. The number of hydrogen-bond donors (Lipinski definition) is 1. The monoisotopic (exact) mass is 500 g/mol. The van der Waals surface area contributed by atoms with Gasteiger partial charge in [-0.05, 0) is 74.2 Å². The Hall–Kier alpha value is -2.44. The van der Waals surface area contributed by atoms with Crippen LogP contribution in [0.5, 0.6) is 23.0 Å². The number of hydrogen-bond acceptors (Lipinski definition) is 6. The van der Waals surface area contributed by atoms with Crippen LogP contribution < -0.4 is 24.3 Å². The molecule has 0 fully saturated rings. The van der Waals surface area contributed by atoms with E-state index in [0.717, 1.165) is 61.9 Å². The van der Waals surface area contributed by atoms with E-state index in [1.807, 2.05) is 12.1 Å². The first-order chi connectivity index (χ1) is 17.2. The molecule has 0 aliphatic heterocycles. The van der Waals surface area contributed by atoms with Crippen LogP contribution in [0.2, 0.25) is 0 Å². The zero-order chi connectivity index (χ0) is 26.7. The van der Waals surface area contributed by atoms with Crippen molar-refractivity contribution >= 4 is 0 Å². The van der Waals surface area contributed by atoms with Crippen molar-refractivity contribution in [3.63, 3.8) is 0 Å². The molecule has 0 heterocycles. The van der Waals surface area contributed by atoms with Crippen LogP contribution in [0.1, 0.15) is 51.7 Å². The van der Waals surface area contributed by atoms with Crippen molar-refractivity contribution in [3.8, 4) is 23.0 Å². The summed E-state index contributed by atoms with van der Waals surface area (Å²) in [6, 6.07) is 13.0. The number of rotatable bonds is 16. The minimum Gasteiger partial charge on any atom is -0.493 e. The minimum absolute atomic E-state index is 0.00594. The smallest absolute Gasteiger partial charge is 0.161 e. The molecule has 36 heavy (non-hydrogen) atoms. The first-order valence-corrected chi connectivity index (χ1v) is 13.1. The van der Waals surface area contributed by atoms with Crippen LogP contribution in [0.15, 0.2) is 36.4 Å². The maximum Gasteiger partial charge on any atom is 0.161 e. The van der Waals surface area contributed by atoms with Crippen LogP contribution in [0.25, 0.3) is 0 Å². The molecule has 0 aromatic heterocycles. The van der Waals surface area contributed by atoms with E-state index in [0.29, 0.717) is 12.0 Å². The summed E-state index contributed by atoms with van der Waals surface area (Å²) in [7, 11) is 8.95. The molecule has 2 aromatic carbocycles. The number of benzene rings is 2. The molecule has 0 spiro atoms. The maximum absolute atomic E-state index is 5.65. The summed E-state index contributed by atoms with van der Waals surface area (Å²) in [5.41, 5.74) is 2.55. The van der Waals surface area contributed by atoms with Crippen molar-refractivity contribution in [2.24, 2.45) is 5.92 Å². The third kappa shape index (κ3) is 7.78. The average Bonchev–Trinajstić information content (AvgIpc) is 2.88. The highest BCUT2D eigenvalue weighted by molar-refractivity contribution is 5.46. The molecule has 0 amide bonds. The van der Waals surface area contributed by atoms with Crippen molar-refractivity contribution in [2.45, 2.75) is 58.4 Å². The van der Waals surface area contributed by atoms with Gasteiger partial charge in [-0.25, -0.2) is 0 Å². The normalized spacial score (nSPS) is 13.2. The molecule has 0 saturated carbocycles. The van der Waals surface area contributed by atoms with Gasteiger partial charge in [-0.2, -0.15) is 0 Å². The lowest BCUT2D eigenvalue weighted by molar-refractivity contribution is 0.236. The second-order valence-electron chi connectivity index (χ2n) is 10.3. The van der Waals surface area contributed by atoms with E-state index in [4.69, 9.17) is 18.9 Å². The van der Waals surface area contributed by atoms with Gasteiger partial charge in [-0.3, -0.25) is 0 Å². The predicted octanol–water partition coefficient (Wildman–Crippen LogP) is 5.57. The first-order valence-electron chi connectivity index (χ1n) is 13.1. The molecular weight excluding hydrogens is 452 g/mol. The summed E-state index contributed by atoms with van der Waals surface area (Å²) in [5.74, 6) is 3.57. The van der Waals surface area contributed by atoms with Crippen molar-refractivity contribution in [3.05, 3.63) is 47.5 Å². The molecule has 1 atom stereocenters. The fraction of sp³-hybridized carbons (Fsp3) is 0.600. The summed E-state index contributed by atoms with van der Waals surface area (Å²) in [5, 5.41) is 3.73. The molecule has 1 unspecified atom stereocenters. The lowest BCUT2D eigenvalue weighted by Crippen LogP contribution is -2.45. The van der Waals surface area contributed by atoms with Gasteiger partial charge in [0.05, 0.1) is 28.4 Å². The van der Waals surface area contributed by atoms with Crippen LogP contribution in [-0.4, -0.2) is 66.1 Å². The predicted molar refractivity (Wildman–Crippen MR) is 149 cm³/mol. The van der Waals surface area contributed by atoms with Gasteiger partial charge in [0.1, 0.15) is 0 Å². The Morgan fingerprint density at radius 3 is 1.92 bits per heavy atom. The molecule has 0 radical (unpaired) electrons. The number of ether oxygens (including phenoxy) is 4. The minimum atomic E-state index is -0.00594. The summed E-state index contributed by atoms with van der Waals surface area (Å²) in [6.45, 7) is 12.0. The summed E-state index contributed by atoms with van der Waals surface area (Å²) in [6.07, 6.45) is 3.16. The number of nitrogens with zero attached hydrogens (tertiary/aromatic N) is 1. The molecule has 0 aliphatic rings. The molecule has 2 rings (SSSR count). The molecule has 0 bridgehead atoms. The van der Waals surface area contributed by atoms with Crippen LogP contribution >= 0.6 is 0 Å². The van der Waals surface area contributed by atoms with E-state index in [1.165, 1.54) is 11.1 Å². The van der Waals surface area contributed by atoms with Gasteiger partial charge in [-0.15, -0.1) is 0 Å². The Morgan fingerprint density at radius 1 is 0.778 bits per heavy atom. The van der Waals surface area contributed by atoms with E-state index >= 15 is 0 Å². The van der Waals surface area contributed by atoms with Crippen molar-refractivity contribution in [2.75, 3.05) is 55.1 Å². The average molecular weight is 501 g/mol. The van der Waals surface area contributed by atoms with E-state index in [-0.39, 0.29) is 5.41 Å². The standard InChI is InChI=1S/C30H48N2O4/c1-22(2)30(21-31-23(3)4,25-12-14-27(34-7)29(20-25)36-9)16-10-17-32(5)18-15-24-11-13-26(33-6)28(19-24)35-8/h11-14,19-20,22-23,31H,10,15-18,21H2,1-9H3. The van der Waals surface area contributed by atoms with Crippen molar-refractivity contribution in [1.82, 2.24) is 10.2 Å². The van der Waals surface area contributed by atoms with Gasteiger partial charge in [0.25, 0.3) is 0 Å². The van der Waals surface area contributed by atoms with Crippen molar-refractivity contribution in [1.29, 1.82) is 0 Å². The molecule has 0 aliphatic carbocycles. The third-order valence-corrected chi connectivity index (χ3v) is 7.28. The van der Waals surface area contributed by atoms with Gasteiger partial charge < -0.3 is 29.2 Å². The largest absolute Gasteiger partial charge is 0.493 e. The second-order valence-corrected chi connectivity index (χ2v) is 10.3. The Labute approximate surface area is 219 Å². The number of methoxy groups -OCH3 is 4. The van der Waals surface area contributed by atoms with Gasteiger partial charge >= 0.3 is 0 Å². The molecule has 6 heteroatoms. The quantitative estimate of drug-likeness (QED) is 0.325. The summed E-state index contributed by atoms with van der Waals surface area (Å²) < 4.78 is 22.0. The molecule has 6 nitrogen and oxygen atoms in total. The lowest BCUT2D eigenvalue weighted by atomic mass is 9.68. The second kappa shape index (κ2) is 14.3. The molecule has 1 N–H and O–H groups in total. The fourth-order valence-corrected chi connectivity index (χ4v) is 4.83. The third-order valence-electron chi connectivity index (χ3n) is 7.28. The van der Waals surface area contributed by atoms with Crippen LogP contribution in [0, 0.1) is 5.92 Å². The lowest BCUT2D eigenvalue weighted by Gasteiger charge is -2.40. The zero-order valence-corrected chi connectivity index (χ0v) is 23.9. The fourth-order valence-electron chi connectivity index (χ4n) is 4.83. The van der Waals surface area contributed by atoms with E-state index < -0.39 is 0 Å². The Bertz CT molecular complexity index is 931. The van der Waals surface area contributed by atoms with Crippen molar-refractivity contribution < 1.29 is 18.9 Å². The van der Waals surface area contributed by atoms with Crippen LogP contribution in [0.4, 0.5) is 0 Å². The Balaban J connectivity index is 2.11. The van der Waals surface area contributed by atoms with Gasteiger partial charge in [0.15, 0.2) is 23.0 Å². The Morgan fingerprint density at radius 2 is 1.36 bits per heavy atom. The maximum atomic E-state index is 5.65. The highest BCUT2D eigenvalue weighted by Crippen LogP contribution is 2.40. The van der Waals surface area contributed by atoms with Gasteiger partial charge in [0, 0.05) is 24.5 Å². The topological polar surface area (TPSA) is 52.2 Å². The van der Waals surface area contributed by atoms with Gasteiger partial charge in [-0.1, -0.05) is 39.8 Å². The molecule has 2 aromatic rings. The number of likely N-dealkylation sites (N-methyl/N-ethyl adjacent to an activating group) is 1. The van der Waals surface area contributed by atoms with E-state index in [1.54, 1.807) is 28.4 Å². The summed E-state index contributed by atoms with van der Waals surface area (Å²) >= 11 is 0. The highest BCUT2D eigenvalue weighted by Gasteiger charge is 2.36. The van der Waals surface area contributed by atoms with Crippen LogP contribution in [-0.2, 0) is 11.8 Å². The molecular formula is C30H48N2O4. The van der Waals surface area contributed by atoms with Gasteiger partial charge in [0.2, 0.25) is 0 Å². The van der Waals surface area contributed by atoms with E-state index in [2.05, 4.69) is 69.2 Å². The highest BCUT2D eigenvalue weighted by atomic mass is 16.5. The molecule has 202 valence electrons. The number of nitrogens with one attached hydrogen (secondary N) is 1. The van der Waals surface area contributed by atoms with E-state index in [9.17, 15) is 0 Å². The molecule has 0 saturated heterocycles. The first kappa shape index (κ1) is 29.8. The Kier molecular flexibility index (Phi) is 11.9. The van der Waals surface area contributed by atoms with Crippen LogP contribution in [0.3, 0.4) is 0 Å². The summed E-state index contributed by atoms with van der Waals surface area (Å²) in [4.78, 5) is 2.42. The zero-order valence-electron chi connectivity index (χ0n) is 23.9.